The highest BCUT2D eigenvalue weighted by atomic mass is 19.3. The van der Waals surface area contributed by atoms with Gasteiger partial charge in [0.15, 0.2) is 0 Å². The quantitative estimate of drug-likeness (QED) is 0.572. The van der Waals surface area contributed by atoms with Crippen LogP contribution in [0.4, 0.5) is 8.78 Å². The SMILES string of the molecule is Cc1oc2ccc([C@@H]3C[C@@H]3C)cc2c1C(=O)NC(C)(CO)CC(F)F.c1ccncc1. The highest BCUT2D eigenvalue weighted by molar-refractivity contribution is 6.07. The van der Waals surface area contributed by atoms with Crippen LogP contribution in [0.15, 0.2) is 53.2 Å². The molecular formula is C24H28F2N2O3. The molecule has 0 radical (unpaired) electrons. The van der Waals surface area contributed by atoms with Crippen molar-refractivity contribution in [1.82, 2.24) is 10.3 Å². The van der Waals surface area contributed by atoms with Crippen LogP contribution < -0.4 is 5.32 Å². The number of nitrogens with one attached hydrogen (secondary N) is 1. The van der Waals surface area contributed by atoms with Crippen molar-refractivity contribution >= 4 is 16.9 Å². The summed E-state index contributed by atoms with van der Waals surface area (Å²) < 4.78 is 31.2. The standard InChI is InChI=1S/C19H23F2NO3.C5H5N/c1-10-6-13(10)12-4-5-15-14(7-12)17(11(2)25-15)18(24)22-19(3,9-23)8-16(20)21;1-2-4-6-5-3-1/h4-5,7,10,13,16,23H,6,8-9H2,1-3H3,(H,22,24);1-5H/t10-,13+,19?;/m0./s1. The summed E-state index contributed by atoms with van der Waals surface area (Å²) >= 11 is 0. The third kappa shape index (κ3) is 5.67. The van der Waals surface area contributed by atoms with Crippen molar-refractivity contribution in [3.05, 3.63) is 65.7 Å². The molecule has 1 amide bonds. The molecule has 2 aromatic heterocycles. The molecule has 1 aliphatic carbocycles. The maximum Gasteiger partial charge on any atom is 0.255 e. The van der Waals surface area contributed by atoms with E-state index in [9.17, 15) is 18.7 Å². The van der Waals surface area contributed by atoms with E-state index < -0.39 is 30.9 Å². The topological polar surface area (TPSA) is 75.4 Å². The summed E-state index contributed by atoms with van der Waals surface area (Å²) in [5, 5.41) is 12.7. The number of fused-ring (bicyclic) bond motifs is 1. The number of carbonyl (C=O) groups is 1. The number of amides is 1. The van der Waals surface area contributed by atoms with Gasteiger partial charge in [0.25, 0.3) is 5.91 Å². The maximum absolute atomic E-state index is 12.7. The van der Waals surface area contributed by atoms with Crippen LogP contribution >= 0.6 is 0 Å². The number of pyridine rings is 1. The Hall–Kier alpha value is -2.80. The van der Waals surface area contributed by atoms with Crippen LogP contribution in [0.2, 0.25) is 0 Å². The Morgan fingerprint density at radius 1 is 1.32 bits per heavy atom. The number of nitrogens with zero attached hydrogens (tertiary/aromatic N) is 1. The van der Waals surface area contributed by atoms with Crippen molar-refractivity contribution in [3.8, 4) is 0 Å². The van der Waals surface area contributed by atoms with E-state index >= 15 is 0 Å². The minimum Gasteiger partial charge on any atom is -0.461 e. The second kappa shape index (κ2) is 9.56. The Bertz CT molecular complexity index is 996. The number of aromatic nitrogens is 1. The molecule has 1 aliphatic rings. The fourth-order valence-corrected chi connectivity index (χ4v) is 3.68. The Morgan fingerprint density at radius 2 is 2.00 bits per heavy atom. The van der Waals surface area contributed by atoms with Gasteiger partial charge in [-0.05, 0) is 61.9 Å². The molecule has 1 saturated carbocycles. The van der Waals surface area contributed by atoms with E-state index in [4.69, 9.17) is 4.42 Å². The molecule has 3 atom stereocenters. The molecule has 0 saturated heterocycles. The zero-order valence-corrected chi connectivity index (χ0v) is 17.9. The van der Waals surface area contributed by atoms with Gasteiger partial charge in [-0.15, -0.1) is 0 Å². The van der Waals surface area contributed by atoms with Gasteiger partial charge in [0.1, 0.15) is 11.3 Å². The third-order valence-corrected chi connectivity index (χ3v) is 5.59. The molecule has 2 heterocycles. The average molecular weight is 430 g/mol. The van der Waals surface area contributed by atoms with Crippen molar-refractivity contribution < 1.29 is 23.1 Å². The highest BCUT2D eigenvalue weighted by Gasteiger charge is 2.35. The van der Waals surface area contributed by atoms with Gasteiger partial charge in [-0.1, -0.05) is 19.1 Å². The van der Waals surface area contributed by atoms with E-state index in [1.807, 2.05) is 36.4 Å². The predicted molar refractivity (Wildman–Crippen MR) is 115 cm³/mol. The summed E-state index contributed by atoms with van der Waals surface area (Å²) in [5.41, 5.74) is 0.717. The number of alkyl halides is 2. The van der Waals surface area contributed by atoms with Gasteiger partial charge in [0.2, 0.25) is 6.43 Å². The van der Waals surface area contributed by atoms with E-state index in [-0.39, 0.29) is 0 Å². The van der Waals surface area contributed by atoms with Crippen LogP contribution in [0.1, 0.15) is 54.3 Å². The number of aryl methyl sites for hydroxylation is 1. The minimum atomic E-state index is -2.62. The predicted octanol–water partition coefficient (Wildman–Crippen LogP) is 5.08. The molecule has 166 valence electrons. The lowest BCUT2D eigenvalue weighted by atomic mass is 9.97. The first kappa shape index (κ1) is 22.9. The number of benzene rings is 1. The summed E-state index contributed by atoms with van der Waals surface area (Å²) in [6.45, 7) is 4.70. The summed E-state index contributed by atoms with van der Waals surface area (Å²) in [5.74, 6) is 1.06. The number of aliphatic hydroxyl groups excluding tert-OH is 1. The Morgan fingerprint density at radius 3 is 2.48 bits per heavy atom. The van der Waals surface area contributed by atoms with Gasteiger partial charge < -0.3 is 14.8 Å². The van der Waals surface area contributed by atoms with E-state index in [0.717, 1.165) is 12.0 Å². The number of hydrogen-bond donors (Lipinski definition) is 2. The molecule has 4 rings (SSSR count). The number of carbonyl (C=O) groups excluding carboxylic acids is 1. The van der Waals surface area contributed by atoms with Crippen molar-refractivity contribution in [2.24, 2.45) is 5.92 Å². The van der Waals surface area contributed by atoms with E-state index in [1.54, 1.807) is 19.3 Å². The first-order valence-electron chi connectivity index (χ1n) is 10.3. The fraction of sp³-hybridized carbons (Fsp3) is 0.417. The smallest absolute Gasteiger partial charge is 0.255 e. The zero-order chi connectivity index (χ0) is 22.6. The third-order valence-electron chi connectivity index (χ3n) is 5.59. The molecule has 1 fully saturated rings. The summed E-state index contributed by atoms with van der Waals surface area (Å²) in [6, 6.07) is 11.5. The summed E-state index contributed by atoms with van der Waals surface area (Å²) in [6.07, 6.45) is 1.39. The van der Waals surface area contributed by atoms with Crippen LogP contribution in [-0.4, -0.2) is 34.6 Å². The minimum absolute atomic E-state index is 0.346. The van der Waals surface area contributed by atoms with Crippen LogP contribution in [-0.2, 0) is 0 Å². The van der Waals surface area contributed by atoms with Crippen LogP contribution in [0.25, 0.3) is 11.0 Å². The lowest BCUT2D eigenvalue weighted by Crippen LogP contribution is -2.50. The van der Waals surface area contributed by atoms with Gasteiger partial charge in [-0.2, -0.15) is 0 Å². The number of aliphatic hydroxyl groups is 1. The lowest BCUT2D eigenvalue weighted by Gasteiger charge is -2.28. The van der Waals surface area contributed by atoms with E-state index in [0.29, 0.717) is 34.1 Å². The normalized spacial score (nSPS) is 19.5. The van der Waals surface area contributed by atoms with E-state index in [2.05, 4.69) is 17.2 Å². The number of furan rings is 1. The Kier molecular flexibility index (Phi) is 7.05. The zero-order valence-electron chi connectivity index (χ0n) is 17.9. The molecular weight excluding hydrogens is 402 g/mol. The molecule has 0 spiro atoms. The van der Waals surface area contributed by atoms with Gasteiger partial charge in [-0.25, -0.2) is 8.78 Å². The average Bonchev–Trinajstić information content (AvgIpc) is 3.37. The van der Waals surface area contributed by atoms with Crippen molar-refractivity contribution in [3.63, 3.8) is 0 Å². The molecule has 1 unspecified atom stereocenters. The summed E-state index contributed by atoms with van der Waals surface area (Å²) in [4.78, 5) is 16.5. The van der Waals surface area contributed by atoms with Crippen molar-refractivity contribution in [1.29, 1.82) is 0 Å². The molecule has 5 nitrogen and oxygen atoms in total. The largest absolute Gasteiger partial charge is 0.461 e. The first-order valence-corrected chi connectivity index (χ1v) is 10.3. The van der Waals surface area contributed by atoms with Crippen LogP contribution in [0, 0.1) is 12.8 Å². The molecule has 3 aromatic rings. The second-order valence-corrected chi connectivity index (χ2v) is 8.40. The second-order valence-electron chi connectivity index (χ2n) is 8.40. The molecule has 1 aromatic carbocycles. The molecule has 0 bridgehead atoms. The lowest BCUT2D eigenvalue weighted by molar-refractivity contribution is 0.0586. The molecule has 2 N–H and O–H groups in total. The monoisotopic (exact) mass is 430 g/mol. The van der Waals surface area contributed by atoms with Crippen molar-refractivity contribution in [2.45, 2.75) is 51.5 Å². The maximum atomic E-state index is 12.7. The molecule has 31 heavy (non-hydrogen) atoms. The molecule has 0 aliphatic heterocycles. The summed E-state index contributed by atoms with van der Waals surface area (Å²) in [7, 11) is 0. The first-order chi connectivity index (χ1) is 14.7. The van der Waals surface area contributed by atoms with Gasteiger partial charge in [0, 0.05) is 24.2 Å². The van der Waals surface area contributed by atoms with Crippen molar-refractivity contribution in [2.75, 3.05) is 6.61 Å². The fourth-order valence-electron chi connectivity index (χ4n) is 3.68. The van der Waals surface area contributed by atoms with E-state index in [1.165, 1.54) is 6.92 Å². The molecule has 7 heteroatoms. The van der Waals surface area contributed by atoms with Gasteiger partial charge in [-0.3, -0.25) is 9.78 Å². The number of halogens is 2. The van der Waals surface area contributed by atoms with Gasteiger partial charge >= 0.3 is 0 Å². The highest BCUT2D eigenvalue weighted by Crippen LogP contribution is 2.47. The number of hydrogen-bond acceptors (Lipinski definition) is 4. The van der Waals surface area contributed by atoms with Crippen LogP contribution in [0.3, 0.4) is 0 Å². The Balaban J connectivity index is 0.000000391. The number of rotatable bonds is 6. The van der Waals surface area contributed by atoms with Crippen LogP contribution in [0.5, 0.6) is 0 Å². The van der Waals surface area contributed by atoms with Gasteiger partial charge in [0.05, 0.1) is 17.7 Å². The Labute approximate surface area is 180 Å².